The van der Waals surface area contributed by atoms with Gasteiger partial charge in [0.05, 0.1) is 11.3 Å². The fraction of sp³-hybridized carbons (Fsp3) is 0.576. The van der Waals surface area contributed by atoms with Gasteiger partial charge in [-0.05, 0) is 43.3 Å². The number of halogens is 11. The number of carbonyl (C=O) groups is 2. The number of carbonyl (C=O) groups excluding carboxylic acids is 2. The van der Waals surface area contributed by atoms with Crippen molar-refractivity contribution in [2.75, 3.05) is 12.4 Å². The quantitative estimate of drug-likeness (QED) is 0.0447. The van der Waals surface area contributed by atoms with Crippen LogP contribution in [0.2, 0.25) is 0 Å². The predicted octanol–water partition coefficient (Wildman–Crippen LogP) is 10.2. The van der Waals surface area contributed by atoms with Crippen molar-refractivity contribution in [3.8, 4) is 0 Å². The van der Waals surface area contributed by atoms with Gasteiger partial charge in [0.2, 0.25) is 0 Å². The molecule has 19 heteroatoms. The summed E-state index contributed by atoms with van der Waals surface area (Å²) in [6.07, 6.45) is -16.3. The number of alkyl halides is 11. The van der Waals surface area contributed by atoms with E-state index in [-0.39, 0.29) is 46.4 Å². The first-order chi connectivity index (χ1) is 23.7. The van der Waals surface area contributed by atoms with E-state index in [1.54, 1.807) is 13.0 Å². The lowest BCUT2D eigenvalue weighted by Crippen LogP contribution is -2.46. The molecule has 0 aromatic carbocycles. The Labute approximate surface area is 295 Å². The SMILES string of the molecule is C=CC(=O)OCC(F)(F)OC(F)(F)OC(F)(F)OC(F)(F)CSC1=CCC2(C)C=C(C3=C(C(F)(F)F)CC(C)(CCCCCC)C=C3)C(=O)OC2=C1. The highest BCUT2D eigenvalue weighted by Gasteiger charge is 2.57. The van der Waals surface area contributed by atoms with E-state index in [0.717, 1.165) is 31.8 Å². The summed E-state index contributed by atoms with van der Waals surface area (Å²) in [6.45, 7) is 5.87. The summed E-state index contributed by atoms with van der Waals surface area (Å²) >= 11 is 0.126. The Morgan fingerprint density at radius 1 is 0.962 bits per heavy atom. The maximum Gasteiger partial charge on any atom is 0.496 e. The van der Waals surface area contributed by atoms with Gasteiger partial charge in [-0.25, -0.2) is 23.8 Å². The number of hydrogen-bond acceptors (Lipinski definition) is 8. The molecule has 0 spiro atoms. The molecule has 1 heterocycles. The van der Waals surface area contributed by atoms with Crippen LogP contribution in [0.25, 0.3) is 0 Å². The molecule has 52 heavy (non-hydrogen) atoms. The third kappa shape index (κ3) is 12.2. The largest absolute Gasteiger partial charge is 0.496 e. The zero-order valence-electron chi connectivity index (χ0n) is 28.0. The molecule has 3 aliphatic rings. The zero-order chi connectivity index (χ0) is 39.4. The van der Waals surface area contributed by atoms with E-state index in [1.165, 1.54) is 25.2 Å². The highest BCUT2D eigenvalue weighted by atomic mass is 32.2. The summed E-state index contributed by atoms with van der Waals surface area (Å²) in [4.78, 5) is 23.8. The first-order valence-corrected chi connectivity index (χ1v) is 16.6. The van der Waals surface area contributed by atoms with Crippen molar-refractivity contribution in [1.29, 1.82) is 0 Å². The van der Waals surface area contributed by atoms with Crippen molar-refractivity contribution in [2.24, 2.45) is 10.8 Å². The van der Waals surface area contributed by atoms with Crippen molar-refractivity contribution < 1.29 is 81.6 Å². The van der Waals surface area contributed by atoms with Gasteiger partial charge in [0, 0.05) is 22.0 Å². The summed E-state index contributed by atoms with van der Waals surface area (Å²) in [6, 6.07) is 0. The molecule has 0 amide bonds. The molecule has 1 aliphatic heterocycles. The van der Waals surface area contributed by atoms with Gasteiger partial charge >= 0.3 is 42.9 Å². The molecule has 2 atom stereocenters. The highest BCUT2D eigenvalue weighted by Crippen LogP contribution is 2.50. The Kier molecular flexibility index (Phi) is 13.4. The summed E-state index contributed by atoms with van der Waals surface area (Å²) in [5.74, 6) is -4.52. The van der Waals surface area contributed by atoms with Gasteiger partial charge in [-0.2, -0.15) is 30.7 Å². The molecule has 0 saturated heterocycles. The second-order valence-corrected chi connectivity index (χ2v) is 13.7. The van der Waals surface area contributed by atoms with Crippen LogP contribution >= 0.6 is 11.8 Å². The average Bonchev–Trinajstić information content (AvgIpc) is 2.99. The van der Waals surface area contributed by atoms with Crippen LogP contribution in [0.3, 0.4) is 0 Å². The van der Waals surface area contributed by atoms with Gasteiger partial charge in [0.25, 0.3) is 0 Å². The molecule has 2 aliphatic carbocycles. The molecule has 3 rings (SSSR count). The monoisotopic (exact) mass is 784 g/mol. The molecule has 0 N–H and O–H groups in total. The average molecular weight is 785 g/mol. The van der Waals surface area contributed by atoms with Crippen LogP contribution in [0.5, 0.6) is 0 Å². The fourth-order valence-corrected chi connectivity index (χ4v) is 6.19. The van der Waals surface area contributed by atoms with Crippen LogP contribution in [-0.4, -0.2) is 55.3 Å². The number of unbranched alkanes of at least 4 members (excludes halogenated alkanes) is 3. The lowest BCUT2D eigenvalue weighted by atomic mass is 9.71. The minimum atomic E-state index is -5.94. The van der Waals surface area contributed by atoms with E-state index in [2.05, 4.69) is 25.5 Å². The minimum Gasteiger partial charge on any atom is -0.453 e. The molecule has 0 aromatic heterocycles. The number of hydrogen-bond donors (Lipinski definition) is 0. The standard InChI is InChI=1S/C33H35F11O7S/c1-5-7-8-9-12-27(3)13-11-21(23(17-27)31(38,39)40)22-16-28(4)14-10-20(15-24(28)48-26(22)46)52-19-30(36,37)50-33(43,44)51-32(41,42)49-29(34,35)18-47-25(45)6-2/h6,10-11,13,15-16H,2,5,7-9,12,14,17-19H2,1,3-4H3. The molecule has 0 bridgehead atoms. The number of fused-ring (bicyclic) bond motifs is 1. The summed E-state index contributed by atoms with van der Waals surface area (Å²) in [7, 11) is 0. The minimum absolute atomic E-state index is 0.112. The lowest BCUT2D eigenvalue weighted by Gasteiger charge is -2.37. The molecule has 0 saturated carbocycles. The van der Waals surface area contributed by atoms with Gasteiger partial charge in [-0.3, -0.25) is 0 Å². The molecular weight excluding hydrogens is 749 g/mol. The topological polar surface area (TPSA) is 80.3 Å². The van der Waals surface area contributed by atoms with Gasteiger partial charge < -0.3 is 9.47 Å². The summed E-state index contributed by atoms with van der Waals surface area (Å²) < 4.78 is 171. The predicted molar refractivity (Wildman–Crippen MR) is 163 cm³/mol. The molecule has 0 radical (unpaired) electrons. The summed E-state index contributed by atoms with van der Waals surface area (Å²) in [5, 5.41) is 0. The van der Waals surface area contributed by atoms with E-state index < -0.39 is 71.7 Å². The van der Waals surface area contributed by atoms with E-state index in [9.17, 15) is 57.9 Å². The third-order valence-corrected chi connectivity index (χ3v) is 9.07. The van der Waals surface area contributed by atoms with Gasteiger partial charge in [-0.15, -0.1) is 29.3 Å². The Morgan fingerprint density at radius 3 is 2.19 bits per heavy atom. The van der Waals surface area contributed by atoms with E-state index in [0.29, 0.717) is 12.5 Å². The maximum absolute atomic E-state index is 14.3. The highest BCUT2D eigenvalue weighted by molar-refractivity contribution is 8.03. The van der Waals surface area contributed by atoms with Crippen LogP contribution in [0.15, 0.2) is 70.4 Å². The maximum atomic E-state index is 14.3. The number of allylic oxidation sites excluding steroid dienone is 6. The van der Waals surface area contributed by atoms with E-state index >= 15 is 0 Å². The molecular formula is C33H35F11O7S. The Bertz CT molecular complexity index is 1530. The summed E-state index contributed by atoms with van der Waals surface area (Å²) in [5.41, 5.74) is -3.64. The van der Waals surface area contributed by atoms with Crippen LogP contribution < -0.4 is 0 Å². The Balaban J connectivity index is 1.69. The van der Waals surface area contributed by atoms with E-state index in [4.69, 9.17) is 4.74 Å². The molecule has 0 fully saturated rings. The van der Waals surface area contributed by atoms with Crippen molar-refractivity contribution >= 4 is 23.7 Å². The molecule has 0 aromatic rings. The van der Waals surface area contributed by atoms with Gasteiger partial charge in [-0.1, -0.05) is 70.4 Å². The number of rotatable bonds is 18. The van der Waals surface area contributed by atoms with Crippen LogP contribution in [0.4, 0.5) is 48.3 Å². The molecule has 7 nitrogen and oxygen atoms in total. The van der Waals surface area contributed by atoms with Crippen molar-refractivity contribution in [2.45, 2.75) is 96.7 Å². The fourth-order valence-electron chi connectivity index (χ4n) is 5.41. The third-order valence-electron chi connectivity index (χ3n) is 7.97. The Morgan fingerprint density at radius 2 is 1.60 bits per heavy atom. The molecule has 292 valence electrons. The van der Waals surface area contributed by atoms with Crippen molar-refractivity contribution in [3.63, 3.8) is 0 Å². The number of thioether (sulfide) groups is 1. The second kappa shape index (κ2) is 16.1. The van der Waals surface area contributed by atoms with E-state index in [1.807, 2.05) is 6.92 Å². The van der Waals surface area contributed by atoms with Crippen LogP contribution in [0.1, 0.15) is 65.7 Å². The van der Waals surface area contributed by atoms with Crippen molar-refractivity contribution in [3.05, 3.63) is 70.4 Å². The van der Waals surface area contributed by atoms with Crippen LogP contribution in [0, 0.1) is 10.8 Å². The van der Waals surface area contributed by atoms with Gasteiger partial charge in [0.15, 0.2) is 6.61 Å². The first kappa shape index (κ1) is 43.2. The Hall–Kier alpha value is -3.16. The van der Waals surface area contributed by atoms with Crippen molar-refractivity contribution in [1.82, 2.24) is 0 Å². The van der Waals surface area contributed by atoms with Crippen LogP contribution in [-0.2, 0) is 33.3 Å². The zero-order valence-corrected chi connectivity index (χ0v) is 28.8. The van der Waals surface area contributed by atoms with Gasteiger partial charge in [0.1, 0.15) is 5.76 Å². The smallest absolute Gasteiger partial charge is 0.453 e. The molecule has 2 unspecified atom stereocenters. The first-order valence-electron chi connectivity index (χ1n) is 15.6. The number of esters is 2. The normalized spacial score (nSPS) is 23.0. The second-order valence-electron chi connectivity index (χ2n) is 12.7. The lowest BCUT2D eigenvalue weighted by molar-refractivity contribution is -0.572. The number of ether oxygens (including phenoxy) is 5.